The molecular formula is C16H20F2O2. The summed E-state index contributed by atoms with van der Waals surface area (Å²) in [5, 5.41) is 10.2. The van der Waals surface area contributed by atoms with Crippen molar-refractivity contribution in [1.29, 1.82) is 0 Å². The molecule has 0 aliphatic heterocycles. The molecule has 2 nitrogen and oxygen atoms in total. The van der Waals surface area contributed by atoms with Crippen molar-refractivity contribution in [2.24, 2.45) is 5.41 Å². The Kier molecular flexibility index (Phi) is 3.67. The van der Waals surface area contributed by atoms with Crippen LogP contribution in [0.15, 0.2) is 18.2 Å². The predicted molar refractivity (Wildman–Crippen MR) is 71.5 cm³/mol. The fourth-order valence-corrected chi connectivity index (χ4v) is 3.67. The van der Waals surface area contributed by atoms with Gasteiger partial charge in [0.1, 0.15) is 6.10 Å². The van der Waals surface area contributed by atoms with Crippen LogP contribution in [0.2, 0.25) is 0 Å². The molecule has 0 aromatic heterocycles. The molecule has 1 aromatic carbocycles. The Hall–Kier alpha value is -1.16. The lowest BCUT2D eigenvalue weighted by molar-refractivity contribution is -0.164. The second kappa shape index (κ2) is 5.32. The minimum atomic E-state index is -0.671. The molecule has 1 aromatic rings. The molecule has 2 fully saturated rings. The van der Waals surface area contributed by atoms with Crippen molar-refractivity contribution in [3.8, 4) is 5.75 Å². The van der Waals surface area contributed by atoms with Crippen molar-refractivity contribution in [1.82, 2.24) is 0 Å². The molecule has 2 atom stereocenters. The summed E-state index contributed by atoms with van der Waals surface area (Å²) in [5.41, 5.74) is -0.300. The van der Waals surface area contributed by atoms with Gasteiger partial charge in [0.05, 0.1) is 6.10 Å². The topological polar surface area (TPSA) is 29.5 Å². The van der Waals surface area contributed by atoms with E-state index >= 15 is 0 Å². The van der Waals surface area contributed by atoms with Crippen molar-refractivity contribution in [3.63, 3.8) is 0 Å². The molecule has 0 radical (unpaired) electrons. The zero-order valence-corrected chi connectivity index (χ0v) is 11.4. The van der Waals surface area contributed by atoms with E-state index in [0.717, 1.165) is 38.5 Å². The van der Waals surface area contributed by atoms with Gasteiger partial charge in [0, 0.05) is 11.8 Å². The molecule has 20 heavy (non-hydrogen) atoms. The van der Waals surface area contributed by atoms with Crippen LogP contribution in [0.5, 0.6) is 5.75 Å². The molecule has 110 valence electrons. The quantitative estimate of drug-likeness (QED) is 0.893. The number of hydrogen-bond acceptors (Lipinski definition) is 2. The zero-order chi connectivity index (χ0) is 14.2. The van der Waals surface area contributed by atoms with Crippen molar-refractivity contribution >= 4 is 0 Å². The van der Waals surface area contributed by atoms with Gasteiger partial charge in [-0.25, -0.2) is 8.78 Å². The average Bonchev–Trinajstić information content (AvgIpc) is 2.69. The van der Waals surface area contributed by atoms with Gasteiger partial charge in [0.15, 0.2) is 17.4 Å². The Labute approximate surface area is 117 Å². The van der Waals surface area contributed by atoms with Gasteiger partial charge in [-0.2, -0.15) is 0 Å². The van der Waals surface area contributed by atoms with E-state index in [2.05, 4.69) is 0 Å². The maximum atomic E-state index is 13.7. The van der Waals surface area contributed by atoms with Crippen LogP contribution in [-0.4, -0.2) is 17.3 Å². The van der Waals surface area contributed by atoms with Gasteiger partial charge in [0.25, 0.3) is 0 Å². The summed E-state index contributed by atoms with van der Waals surface area (Å²) in [5.74, 6) is -1.64. The van der Waals surface area contributed by atoms with Crippen molar-refractivity contribution in [2.75, 3.05) is 0 Å². The Morgan fingerprint density at radius 2 is 1.65 bits per heavy atom. The third-order valence-electron chi connectivity index (χ3n) is 4.96. The molecule has 2 aliphatic rings. The monoisotopic (exact) mass is 282 g/mol. The maximum Gasteiger partial charge on any atom is 0.191 e. The highest BCUT2D eigenvalue weighted by molar-refractivity contribution is 5.27. The van der Waals surface area contributed by atoms with Gasteiger partial charge in [0.2, 0.25) is 0 Å². The number of para-hydroxylation sites is 1. The SMILES string of the molecule is OC1CC(Oc2c(F)cccc2F)C12CCCCCC2. The first-order chi connectivity index (χ1) is 9.63. The Bertz CT molecular complexity index is 461. The summed E-state index contributed by atoms with van der Waals surface area (Å²) in [6.07, 6.45) is 5.98. The Morgan fingerprint density at radius 1 is 1.05 bits per heavy atom. The van der Waals surface area contributed by atoms with E-state index in [1.807, 2.05) is 0 Å². The number of aliphatic hydroxyl groups excluding tert-OH is 1. The number of rotatable bonds is 2. The molecule has 0 heterocycles. The van der Waals surface area contributed by atoms with Gasteiger partial charge in [-0.05, 0) is 25.0 Å². The number of halogens is 2. The van der Waals surface area contributed by atoms with Crippen molar-refractivity contribution in [2.45, 2.75) is 57.2 Å². The smallest absolute Gasteiger partial charge is 0.191 e. The first-order valence-electron chi connectivity index (χ1n) is 7.42. The minimum Gasteiger partial charge on any atom is -0.484 e. The Morgan fingerprint density at radius 3 is 2.20 bits per heavy atom. The molecule has 2 unspecified atom stereocenters. The van der Waals surface area contributed by atoms with Crippen LogP contribution in [0.3, 0.4) is 0 Å². The summed E-state index contributed by atoms with van der Waals surface area (Å²) < 4.78 is 33.0. The minimum absolute atomic E-state index is 0.276. The van der Waals surface area contributed by atoms with Crippen LogP contribution in [-0.2, 0) is 0 Å². The van der Waals surface area contributed by atoms with Gasteiger partial charge in [-0.3, -0.25) is 0 Å². The van der Waals surface area contributed by atoms with Gasteiger partial charge >= 0.3 is 0 Å². The first-order valence-corrected chi connectivity index (χ1v) is 7.42. The largest absolute Gasteiger partial charge is 0.484 e. The third kappa shape index (κ3) is 2.20. The summed E-state index contributed by atoms with van der Waals surface area (Å²) in [7, 11) is 0. The average molecular weight is 282 g/mol. The van der Waals surface area contributed by atoms with Crippen molar-refractivity contribution in [3.05, 3.63) is 29.8 Å². The van der Waals surface area contributed by atoms with Crippen LogP contribution < -0.4 is 4.74 Å². The van der Waals surface area contributed by atoms with Gasteiger partial charge in [-0.15, -0.1) is 0 Å². The van der Waals surface area contributed by atoms with Crippen LogP contribution in [0, 0.1) is 17.0 Å². The van der Waals surface area contributed by atoms with E-state index in [4.69, 9.17) is 4.74 Å². The lowest BCUT2D eigenvalue weighted by Gasteiger charge is -2.53. The molecule has 3 rings (SSSR count). The van der Waals surface area contributed by atoms with E-state index in [9.17, 15) is 13.9 Å². The number of aliphatic hydroxyl groups is 1. The highest BCUT2D eigenvalue weighted by Crippen LogP contribution is 2.52. The Balaban J connectivity index is 1.80. The predicted octanol–water partition coefficient (Wildman–Crippen LogP) is 3.82. The summed E-state index contributed by atoms with van der Waals surface area (Å²) in [6, 6.07) is 3.73. The van der Waals surface area contributed by atoms with Crippen LogP contribution in [0.25, 0.3) is 0 Å². The van der Waals surface area contributed by atoms with E-state index in [0.29, 0.717) is 6.42 Å². The second-order valence-corrected chi connectivity index (χ2v) is 6.06. The van der Waals surface area contributed by atoms with Gasteiger partial charge in [-0.1, -0.05) is 31.7 Å². The van der Waals surface area contributed by atoms with Crippen molar-refractivity contribution < 1.29 is 18.6 Å². The molecule has 1 N–H and O–H groups in total. The molecule has 2 saturated carbocycles. The lowest BCUT2D eigenvalue weighted by Crippen LogP contribution is -2.59. The van der Waals surface area contributed by atoms with Crippen LogP contribution >= 0.6 is 0 Å². The normalized spacial score (nSPS) is 28.8. The molecule has 4 heteroatoms. The fraction of sp³-hybridized carbons (Fsp3) is 0.625. The molecule has 1 spiro atoms. The summed E-state index contributed by atoms with van der Waals surface area (Å²) in [6.45, 7) is 0. The standard InChI is InChI=1S/C16H20F2O2/c17-11-6-5-7-12(18)15(11)20-14-10-13(19)16(14)8-3-1-2-4-9-16/h5-7,13-14,19H,1-4,8-10H2. The third-order valence-corrected chi connectivity index (χ3v) is 4.96. The molecule has 0 bridgehead atoms. The second-order valence-electron chi connectivity index (χ2n) is 6.06. The van der Waals surface area contributed by atoms with Crippen LogP contribution in [0.4, 0.5) is 8.78 Å². The molecular weight excluding hydrogens is 262 g/mol. The molecule has 0 saturated heterocycles. The molecule has 2 aliphatic carbocycles. The number of hydrogen-bond donors (Lipinski definition) is 1. The number of benzene rings is 1. The summed E-state index contributed by atoms with van der Waals surface area (Å²) in [4.78, 5) is 0. The first kappa shape index (κ1) is 13.8. The van der Waals surface area contributed by atoms with Crippen LogP contribution in [0.1, 0.15) is 44.9 Å². The lowest BCUT2D eigenvalue weighted by atomic mass is 9.59. The van der Waals surface area contributed by atoms with E-state index in [1.165, 1.54) is 18.2 Å². The van der Waals surface area contributed by atoms with E-state index in [1.54, 1.807) is 0 Å². The highest BCUT2D eigenvalue weighted by atomic mass is 19.1. The fourth-order valence-electron chi connectivity index (χ4n) is 3.67. The summed E-state index contributed by atoms with van der Waals surface area (Å²) >= 11 is 0. The zero-order valence-electron chi connectivity index (χ0n) is 11.4. The van der Waals surface area contributed by atoms with E-state index < -0.39 is 17.7 Å². The van der Waals surface area contributed by atoms with E-state index in [-0.39, 0.29) is 17.3 Å². The highest BCUT2D eigenvalue weighted by Gasteiger charge is 2.55. The number of ether oxygens (including phenoxy) is 1. The van der Waals surface area contributed by atoms with Gasteiger partial charge < -0.3 is 9.84 Å². The maximum absolute atomic E-state index is 13.7. The molecule has 0 amide bonds.